The van der Waals surface area contributed by atoms with Crippen molar-refractivity contribution in [3.05, 3.63) is 11.9 Å². The highest BCUT2D eigenvalue weighted by Crippen LogP contribution is 2.44. The largest absolute Gasteiger partial charge is 0.481 e. The highest BCUT2D eigenvalue weighted by atomic mass is 32.2. The maximum absolute atomic E-state index is 13.0. The van der Waals surface area contributed by atoms with Crippen molar-refractivity contribution in [2.24, 2.45) is 10.6 Å². The Hall–Kier alpha value is -3.38. The van der Waals surface area contributed by atoms with E-state index in [0.717, 1.165) is 11.5 Å². The molecule has 0 saturated carbocycles. The van der Waals surface area contributed by atoms with Crippen LogP contribution in [-0.4, -0.2) is 84.4 Å². The van der Waals surface area contributed by atoms with Crippen LogP contribution in [0.2, 0.25) is 0 Å². The molecule has 0 aromatic carbocycles. The first-order valence-electron chi connectivity index (χ1n) is 10.9. The minimum absolute atomic E-state index is 0.0225. The fraction of sp³-hybridized carbons (Fsp3) is 0.474. The van der Waals surface area contributed by atoms with Crippen LogP contribution in [0.5, 0.6) is 0 Å². The summed E-state index contributed by atoms with van der Waals surface area (Å²) in [5, 5.41) is 16.6. The number of nitrogens with zero attached hydrogens (tertiary/aromatic N) is 6. The summed E-state index contributed by atoms with van der Waals surface area (Å²) >= 11 is 3.38. The van der Waals surface area contributed by atoms with Crippen molar-refractivity contribution in [3.63, 3.8) is 0 Å². The number of thioether (sulfide) groups is 2. The van der Waals surface area contributed by atoms with E-state index in [0.29, 0.717) is 17.5 Å². The first kappa shape index (κ1) is 26.7. The zero-order chi connectivity index (χ0) is 26.9. The van der Waals surface area contributed by atoms with Crippen molar-refractivity contribution in [2.75, 3.05) is 42.4 Å². The molecular weight excluding hydrogens is 544 g/mol. The monoisotopic (exact) mass is 569 g/mol. The maximum Gasteiger partial charge on any atom is 0.313 e. The van der Waals surface area contributed by atoms with Crippen LogP contribution in [0, 0.1) is 5.41 Å². The standard InChI is InChI=1S/C19H24N10O5S3/c1-3-28-9(21)4-8(20)23-18(28)36-7-19(16(32)33)5-29-14(31)11(15(29)35-6-19)24-13(30)10(26-34-2)12-25-17(22)37-27-12/h4,11,15H,3,5-7H2,1-2H3,(H7,20,21,22,24,25,27,30,32,33)/p+1/t11?,15-,19?/m1/s1. The van der Waals surface area contributed by atoms with E-state index in [9.17, 15) is 19.5 Å². The summed E-state index contributed by atoms with van der Waals surface area (Å²) in [4.78, 5) is 52.6. The third kappa shape index (κ3) is 5.08. The number of carbonyl (C=O) groups excluding carboxylic acids is 2. The summed E-state index contributed by atoms with van der Waals surface area (Å²) < 4.78 is 5.69. The average Bonchev–Trinajstić information content (AvgIpc) is 3.29. The molecule has 2 saturated heterocycles. The summed E-state index contributed by atoms with van der Waals surface area (Å²) in [6.07, 6.45) is 0. The fourth-order valence-corrected chi connectivity index (χ4v) is 7.28. The van der Waals surface area contributed by atoms with Gasteiger partial charge in [-0.15, -0.1) is 11.8 Å². The molecule has 198 valence electrons. The lowest BCUT2D eigenvalue weighted by molar-refractivity contribution is -0.719. The number of carbonyl (C=O) groups is 3. The minimum Gasteiger partial charge on any atom is -0.481 e. The van der Waals surface area contributed by atoms with Crippen molar-refractivity contribution in [1.82, 2.24) is 24.6 Å². The molecule has 2 fully saturated rings. The number of aliphatic carboxylic acids is 1. The van der Waals surface area contributed by atoms with Crippen molar-refractivity contribution in [3.8, 4) is 0 Å². The van der Waals surface area contributed by atoms with Crippen LogP contribution in [0.3, 0.4) is 0 Å². The Morgan fingerprint density at radius 3 is 2.78 bits per heavy atom. The van der Waals surface area contributed by atoms with E-state index in [2.05, 4.69) is 24.8 Å². The maximum atomic E-state index is 13.0. The Balaban J connectivity index is 1.45. The van der Waals surface area contributed by atoms with Crippen LogP contribution in [0.25, 0.3) is 0 Å². The van der Waals surface area contributed by atoms with Gasteiger partial charge in [0.15, 0.2) is 5.13 Å². The minimum atomic E-state index is -1.24. The fourth-order valence-electron chi connectivity index (χ4n) is 3.90. The van der Waals surface area contributed by atoms with Gasteiger partial charge in [0, 0.05) is 29.6 Å². The Labute approximate surface area is 223 Å². The third-order valence-electron chi connectivity index (χ3n) is 5.79. The molecule has 8 N–H and O–H groups in total. The Morgan fingerprint density at radius 1 is 1.41 bits per heavy atom. The second kappa shape index (κ2) is 10.5. The van der Waals surface area contributed by atoms with Gasteiger partial charge in [-0.25, -0.2) is 4.57 Å². The number of carboxylic acid groups (broad SMARTS) is 1. The second-order valence-electron chi connectivity index (χ2n) is 8.20. The Kier molecular flexibility index (Phi) is 7.60. The van der Waals surface area contributed by atoms with Crippen molar-refractivity contribution in [1.29, 1.82) is 0 Å². The smallest absolute Gasteiger partial charge is 0.313 e. The third-order valence-corrected chi connectivity index (χ3v) is 9.19. The van der Waals surface area contributed by atoms with Gasteiger partial charge < -0.3 is 37.4 Å². The highest BCUT2D eigenvalue weighted by Gasteiger charge is 2.57. The highest BCUT2D eigenvalue weighted by molar-refractivity contribution is 8.00. The lowest BCUT2D eigenvalue weighted by Crippen LogP contribution is -2.74. The van der Waals surface area contributed by atoms with E-state index in [1.807, 2.05) is 6.92 Å². The van der Waals surface area contributed by atoms with Crippen molar-refractivity contribution >= 4 is 75.3 Å². The Bertz CT molecular complexity index is 1270. The van der Waals surface area contributed by atoms with Gasteiger partial charge in [-0.3, -0.25) is 14.4 Å². The summed E-state index contributed by atoms with van der Waals surface area (Å²) in [6, 6.07) is 0.671. The molecule has 0 radical (unpaired) electrons. The molecule has 2 unspecified atom stereocenters. The normalized spacial score (nSPS) is 23.2. The van der Waals surface area contributed by atoms with Crippen LogP contribution in [0.1, 0.15) is 12.7 Å². The lowest BCUT2D eigenvalue weighted by Gasteiger charge is -2.53. The van der Waals surface area contributed by atoms with Gasteiger partial charge in [-0.05, 0) is 6.92 Å². The average molecular weight is 570 g/mol. The van der Waals surface area contributed by atoms with E-state index in [1.165, 1.54) is 41.6 Å². The number of aromatic nitrogens is 4. The van der Waals surface area contributed by atoms with Gasteiger partial charge in [0.1, 0.15) is 23.9 Å². The molecule has 18 heteroatoms. The number of rotatable bonds is 9. The van der Waals surface area contributed by atoms with Gasteiger partial charge >= 0.3 is 11.1 Å². The SMILES string of the molecule is CC[n+]1c(N)cc(N)nc1SCC1(C(=O)O)CS[C@@H]2C(NC(=O)C(=NOC)c3nsc(N)n3)C(=O)N2C1. The van der Waals surface area contributed by atoms with E-state index in [1.54, 1.807) is 4.57 Å². The van der Waals surface area contributed by atoms with Gasteiger partial charge in [-0.2, -0.15) is 9.36 Å². The summed E-state index contributed by atoms with van der Waals surface area (Å²) in [7, 11) is 1.26. The number of amides is 2. The summed E-state index contributed by atoms with van der Waals surface area (Å²) in [5.74, 6) is -1.17. The number of nitrogens with two attached hydrogens (primary N) is 3. The number of hydrogen-bond donors (Lipinski definition) is 5. The number of anilines is 3. The molecule has 4 rings (SSSR count). The molecule has 0 spiro atoms. The second-order valence-corrected chi connectivity index (χ2v) is 11.0. The van der Waals surface area contributed by atoms with Crippen LogP contribution in [0.15, 0.2) is 16.4 Å². The predicted octanol–water partition coefficient (Wildman–Crippen LogP) is -1.40. The number of β-lactam (4-membered cyclic amide) rings is 1. The topological polar surface area (TPSA) is 229 Å². The van der Waals surface area contributed by atoms with Gasteiger partial charge in [0.25, 0.3) is 5.91 Å². The zero-order valence-electron chi connectivity index (χ0n) is 19.8. The van der Waals surface area contributed by atoms with Crippen molar-refractivity contribution < 1.29 is 28.9 Å². The van der Waals surface area contributed by atoms with Crippen molar-refractivity contribution in [2.45, 2.75) is 30.0 Å². The van der Waals surface area contributed by atoms with Crippen LogP contribution in [-0.2, 0) is 25.8 Å². The number of oxime groups is 1. The molecule has 0 aliphatic carbocycles. The molecule has 2 aromatic rings. The summed E-state index contributed by atoms with van der Waals surface area (Å²) in [6.45, 7) is 2.40. The molecule has 15 nitrogen and oxygen atoms in total. The molecule has 2 amide bonds. The number of nitrogens with one attached hydrogen (secondary N) is 1. The zero-order valence-corrected chi connectivity index (χ0v) is 22.2. The molecule has 2 aliphatic rings. The molecular formula is C19H25N10O5S3+. The quantitative estimate of drug-likeness (QED) is 0.0585. The van der Waals surface area contributed by atoms with E-state index < -0.39 is 34.6 Å². The van der Waals surface area contributed by atoms with E-state index in [-0.39, 0.29) is 40.5 Å². The molecule has 0 bridgehead atoms. The Morgan fingerprint density at radius 2 is 2.16 bits per heavy atom. The predicted molar refractivity (Wildman–Crippen MR) is 137 cm³/mol. The molecule has 2 aromatic heterocycles. The van der Waals surface area contributed by atoms with Gasteiger partial charge in [0.05, 0.1) is 12.6 Å². The molecule has 37 heavy (non-hydrogen) atoms. The van der Waals surface area contributed by atoms with Gasteiger partial charge in [-0.1, -0.05) is 21.9 Å². The number of carboxylic acids is 1. The van der Waals surface area contributed by atoms with Crippen LogP contribution < -0.4 is 27.1 Å². The molecule has 3 atom stereocenters. The lowest BCUT2D eigenvalue weighted by atomic mass is 9.89. The van der Waals surface area contributed by atoms with Gasteiger partial charge in [0.2, 0.25) is 29.1 Å². The molecule has 4 heterocycles. The van der Waals surface area contributed by atoms with E-state index >= 15 is 0 Å². The number of hydrogen-bond acceptors (Lipinski definition) is 14. The summed E-state index contributed by atoms with van der Waals surface area (Å²) in [5.41, 5.74) is 16.0. The van der Waals surface area contributed by atoms with Crippen LogP contribution >= 0.6 is 35.1 Å². The number of fused-ring (bicyclic) bond motifs is 1. The van der Waals surface area contributed by atoms with Crippen LogP contribution in [0.4, 0.5) is 16.8 Å². The van der Waals surface area contributed by atoms with E-state index in [4.69, 9.17) is 22.0 Å². The first-order valence-corrected chi connectivity index (χ1v) is 13.7. The molecule has 2 aliphatic heterocycles. The number of nitrogen functional groups attached to an aromatic ring is 3. The first-order chi connectivity index (χ1) is 17.6.